The summed E-state index contributed by atoms with van der Waals surface area (Å²) in [5, 5.41) is 3.94. The van der Waals surface area contributed by atoms with Crippen LogP contribution in [0.25, 0.3) is 0 Å². The Morgan fingerprint density at radius 1 is 1.41 bits per heavy atom. The van der Waals surface area contributed by atoms with Gasteiger partial charge < -0.3 is 9.72 Å². The summed E-state index contributed by atoms with van der Waals surface area (Å²) in [7, 11) is 0. The van der Waals surface area contributed by atoms with Crippen LogP contribution in [0, 0.1) is 0 Å². The Kier molecular flexibility index (Phi) is 5.26. The molecule has 0 radical (unpaired) electrons. The van der Waals surface area contributed by atoms with Gasteiger partial charge >= 0.3 is 6.61 Å². The molecule has 1 aromatic heterocycles. The van der Waals surface area contributed by atoms with E-state index in [9.17, 15) is 13.6 Å². The van der Waals surface area contributed by atoms with Crippen molar-refractivity contribution in [2.24, 2.45) is 5.10 Å². The standard InChI is InChI=1S/C14H12BrF2N3O2/c1-8(9-3-2-4-11(5-9)22-14(16)17)19-20-13(21)12-6-10(15)7-18-12/h2-7,14,18H,1H3,(H,20,21)/b19-8-. The Morgan fingerprint density at radius 3 is 2.82 bits per heavy atom. The fourth-order valence-corrected chi connectivity index (χ4v) is 2.00. The van der Waals surface area contributed by atoms with Crippen LogP contribution in [-0.4, -0.2) is 23.2 Å². The van der Waals surface area contributed by atoms with Crippen LogP contribution in [0.5, 0.6) is 5.75 Å². The molecular formula is C14H12BrF2N3O2. The van der Waals surface area contributed by atoms with Gasteiger partial charge in [0, 0.05) is 16.2 Å². The number of carbonyl (C=O) groups is 1. The Morgan fingerprint density at radius 2 is 2.18 bits per heavy atom. The predicted octanol–water partition coefficient (Wildman–Crippen LogP) is 3.53. The van der Waals surface area contributed by atoms with Crippen LogP contribution in [0.2, 0.25) is 0 Å². The summed E-state index contributed by atoms with van der Waals surface area (Å²) in [5.74, 6) is -0.383. The fraction of sp³-hybridized carbons (Fsp3) is 0.143. The minimum atomic E-state index is -2.89. The second kappa shape index (κ2) is 7.17. The maximum Gasteiger partial charge on any atom is 0.387 e. The lowest BCUT2D eigenvalue weighted by Gasteiger charge is -2.06. The summed E-state index contributed by atoms with van der Waals surface area (Å²) < 4.78 is 29.4. The lowest BCUT2D eigenvalue weighted by molar-refractivity contribution is -0.0498. The van der Waals surface area contributed by atoms with Crippen molar-refractivity contribution in [3.8, 4) is 5.75 Å². The summed E-state index contributed by atoms with van der Waals surface area (Å²) in [6.45, 7) is -1.25. The number of ether oxygens (including phenoxy) is 1. The van der Waals surface area contributed by atoms with Gasteiger partial charge in [0.15, 0.2) is 0 Å². The molecule has 1 heterocycles. The summed E-state index contributed by atoms with van der Waals surface area (Å²) in [5.41, 5.74) is 3.74. The molecule has 0 aliphatic carbocycles. The van der Waals surface area contributed by atoms with Crippen LogP contribution in [0.1, 0.15) is 23.0 Å². The number of H-pyrrole nitrogens is 1. The maximum atomic E-state index is 12.2. The first kappa shape index (κ1) is 16.2. The second-order valence-corrected chi connectivity index (χ2v) is 5.19. The number of halogens is 3. The topological polar surface area (TPSA) is 66.5 Å². The predicted molar refractivity (Wildman–Crippen MR) is 81.2 cm³/mol. The van der Waals surface area contributed by atoms with Crippen molar-refractivity contribution in [2.45, 2.75) is 13.5 Å². The van der Waals surface area contributed by atoms with Crippen molar-refractivity contribution in [1.29, 1.82) is 0 Å². The number of nitrogens with one attached hydrogen (secondary N) is 2. The molecule has 0 saturated heterocycles. The van der Waals surface area contributed by atoms with Gasteiger partial charge in [0.2, 0.25) is 0 Å². The monoisotopic (exact) mass is 371 g/mol. The highest BCUT2D eigenvalue weighted by atomic mass is 79.9. The first-order chi connectivity index (χ1) is 10.5. The molecule has 22 heavy (non-hydrogen) atoms. The average molecular weight is 372 g/mol. The van der Waals surface area contributed by atoms with Crippen LogP contribution in [0.15, 0.2) is 46.1 Å². The third-order valence-corrected chi connectivity index (χ3v) is 3.15. The van der Waals surface area contributed by atoms with Crippen molar-refractivity contribution in [3.63, 3.8) is 0 Å². The molecule has 2 N–H and O–H groups in total. The summed E-state index contributed by atoms with van der Waals surface area (Å²) in [6.07, 6.45) is 1.62. The number of aromatic nitrogens is 1. The van der Waals surface area contributed by atoms with Crippen LogP contribution < -0.4 is 10.2 Å². The lowest BCUT2D eigenvalue weighted by Crippen LogP contribution is -2.19. The molecule has 0 fully saturated rings. The Bertz CT molecular complexity index is 701. The zero-order chi connectivity index (χ0) is 16.1. The molecule has 5 nitrogen and oxygen atoms in total. The molecular weight excluding hydrogens is 360 g/mol. The molecule has 2 rings (SSSR count). The molecule has 0 aliphatic rings. The van der Waals surface area contributed by atoms with Gasteiger partial charge in [-0.25, -0.2) is 5.43 Å². The number of rotatable bonds is 5. The van der Waals surface area contributed by atoms with Crippen LogP contribution in [0.4, 0.5) is 8.78 Å². The largest absolute Gasteiger partial charge is 0.435 e. The average Bonchev–Trinajstić information content (AvgIpc) is 2.90. The van der Waals surface area contributed by atoms with E-state index in [4.69, 9.17) is 0 Å². The molecule has 8 heteroatoms. The number of hydrazone groups is 1. The van der Waals surface area contributed by atoms with Crippen molar-refractivity contribution in [3.05, 3.63) is 52.3 Å². The molecule has 0 unspecified atom stereocenters. The summed E-state index contributed by atoms with van der Waals surface area (Å²) >= 11 is 3.22. The zero-order valence-electron chi connectivity index (χ0n) is 11.4. The maximum absolute atomic E-state index is 12.2. The number of aromatic amines is 1. The van der Waals surface area contributed by atoms with Crippen LogP contribution >= 0.6 is 15.9 Å². The van der Waals surface area contributed by atoms with Crippen molar-refractivity contribution < 1.29 is 18.3 Å². The van der Waals surface area contributed by atoms with Gasteiger partial charge in [0.1, 0.15) is 11.4 Å². The van der Waals surface area contributed by atoms with E-state index in [-0.39, 0.29) is 5.75 Å². The van der Waals surface area contributed by atoms with E-state index in [1.807, 2.05) is 0 Å². The number of nitrogens with zero attached hydrogens (tertiary/aromatic N) is 1. The molecule has 2 aromatic rings. The van der Waals surface area contributed by atoms with Gasteiger partial charge in [0.05, 0.1) is 5.71 Å². The molecule has 0 bridgehead atoms. The molecule has 0 aliphatic heterocycles. The molecule has 116 valence electrons. The van der Waals surface area contributed by atoms with E-state index in [1.54, 1.807) is 31.3 Å². The number of hydrogen-bond acceptors (Lipinski definition) is 3. The SMILES string of the molecule is C/C(=N/NC(=O)c1cc(Br)c[nH]1)c1cccc(OC(F)F)c1. The highest BCUT2D eigenvalue weighted by Crippen LogP contribution is 2.16. The Hall–Kier alpha value is -2.22. The number of carbonyl (C=O) groups excluding carboxylic acids is 1. The number of hydrogen-bond donors (Lipinski definition) is 2. The molecule has 1 aromatic carbocycles. The number of benzene rings is 1. The van der Waals surface area contributed by atoms with Gasteiger partial charge in [-0.15, -0.1) is 0 Å². The quantitative estimate of drug-likeness (QED) is 0.623. The van der Waals surface area contributed by atoms with E-state index in [0.717, 1.165) is 4.47 Å². The van der Waals surface area contributed by atoms with Gasteiger partial charge in [-0.1, -0.05) is 12.1 Å². The highest BCUT2D eigenvalue weighted by Gasteiger charge is 2.08. The summed E-state index contributed by atoms with van der Waals surface area (Å²) in [4.78, 5) is 14.6. The van der Waals surface area contributed by atoms with Crippen LogP contribution in [-0.2, 0) is 0 Å². The molecule has 0 atom stereocenters. The Labute approximate surface area is 133 Å². The number of amides is 1. The van der Waals surface area contributed by atoms with Gasteiger partial charge in [0.25, 0.3) is 5.91 Å². The van der Waals surface area contributed by atoms with Crippen molar-refractivity contribution >= 4 is 27.5 Å². The lowest BCUT2D eigenvalue weighted by atomic mass is 10.1. The first-order valence-corrected chi connectivity index (χ1v) is 6.99. The van der Waals surface area contributed by atoms with Crippen molar-refractivity contribution in [1.82, 2.24) is 10.4 Å². The third-order valence-electron chi connectivity index (χ3n) is 2.69. The van der Waals surface area contributed by atoms with E-state index < -0.39 is 12.5 Å². The van der Waals surface area contributed by atoms with E-state index in [2.05, 4.69) is 36.2 Å². The number of alkyl halides is 2. The minimum Gasteiger partial charge on any atom is -0.435 e. The molecule has 0 spiro atoms. The van der Waals surface area contributed by atoms with Gasteiger partial charge in [-0.3, -0.25) is 4.79 Å². The summed E-state index contributed by atoms with van der Waals surface area (Å²) in [6, 6.07) is 7.68. The molecule has 0 saturated carbocycles. The Balaban J connectivity index is 2.07. The smallest absolute Gasteiger partial charge is 0.387 e. The first-order valence-electron chi connectivity index (χ1n) is 6.19. The van der Waals surface area contributed by atoms with E-state index in [0.29, 0.717) is 17.0 Å². The normalized spacial score (nSPS) is 11.6. The van der Waals surface area contributed by atoms with Gasteiger partial charge in [-0.05, 0) is 41.1 Å². The minimum absolute atomic E-state index is 0.0293. The van der Waals surface area contributed by atoms with E-state index >= 15 is 0 Å². The third kappa shape index (κ3) is 4.39. The van der Waals surface area contributed by atoms with Crippen LogP contribution in [0.3, 0.4) is 0 Å². The van der Waals surface area contributed by atoms with Crippen molar-refractivity contribution in [2.75, 3.05) is 0 Å². The van der Waals surface area contributed by atoms with Gasteiger partial charge in [-0.2, -0.15) is 13.9 Å². The highest BCUT2D eigenvalue weighted by molar-refractivity contribution is 9.10. The van der Waals surface area contributed by atoms with E-state index in [1.165, 1.54) is 12.1 Å². The molecule has 1 amide bonds. The second-order valence-electron chi connectivity index (χ2n) is 4.28. The fourth-order valence-electron chi connectivity index (χ4n) is 1.66. The zero-order valence-corrected chi connectivity index (χ0v) is 13.0.